The smallest absolute Gasteiger partial charge is 0.147 e. The van der Waals surface area contributed by atoms with Crippen molar-refractivity contribution < 1.29 is 9.84 Å². The molecule has 0 fully saturated rings. The fraction of sp³-hybridized carbons (Fsp3) is 0.240. The lowest BCUT2D eigenvalue weighted by Gasteiger charge is -2.26. The number of nitrogens with one attached hydrogen (secondary N) is 2. The summed E-state index contributed by atoms with van der Waals surface area (Å²) in [5.41, 5.74) is 4.67. The molecule has 0 bridgehead atoms. The van der Waals surface area contributed by atoms with Crippen LogP contribution in [0.3, 0.4) is 0 Å². The van der Waals surface area contributed by atoms with E-state index in [1.54, 1.807) is 6.20 Å². The number of aromatic hydroxyl groups is 1. The number of aromatic nitrogens is 1. The first kappa shape index (κ1) is 19.8. The number of dihydropyridines is 1. The van der Waals surface area contributed by atoms with Crippen molar-refractivity contribution >= 4 is 10.9 Å². The van der Waals surface area contributed by atoms with Gasteiger partial charge in [0.05, 0.1) is 18.5 Å². The van der Waals surface area contributed by atoms with Gasteiger partial charge in [-0.15, -0.1) is 0 Å². The van der Waals surface area contributed by atoms with Gasteiger partial charge in [0, 0.05) is 23.7 Å². The first-order chi connectivity index (χ1) is 14.6. The number of fused-ring (bicyclic) bond motifs is 1. The van der Waals surface area contributed by atoms with Gasteiger partial charge < -0.3 is 20.5 Å². The summed E-state index contributed by atoms with van der Waals surface area (Å²) in [6.07, 6.45) is 5.92. The predicted molar refractivity (Wildman–Crippen MR) is 121 cm³/mol. The van der Waals surface area contributed by atoms with E-state index in [0.717, 1.165) is 40.2 Å². The highest BCUT2D eigenvalue weighted by molar-refractivity contribution is 5.85. The van der Waals surface area contributed by atoms with Crippen molar-refractivity contribution in [3.05, 3.63) is 88.9 Å². The van der Waals surface area contributed by atoms with Crippen LogP contribution in [0.25, 0.3) is 10.9 Å². The number of pyridine rings is 1. The van der Waals surface area contributed by atoms with E-state index < -0.39 is 0 Å². The van der Waals surface area contributed by atoms with Gasteiger partial charge in [0.1, 0.15) is 17.0 Å². The molecule has 30 heavy (non-hydrogen) atoms. The molecule has 0 spiro atoms. The molecule has 0 saturated carbocycles. The van der Waals surface area contributed by atoms with E-state index in [2.05, 4.69) is 40.8 Å². The highest BCUT2D eigenvalue weighted by Crippen LogP contribution is 2.36. The van der Waals surface area contributed by atoms with Gasteiger partial charge in [0.15, 0.2) is 0 Å². The van der Waals surface area contributed by atoms with Crippen LogP contribution >= 0.6 is 0 Å². The molecule has 3 aromatic rings. The van der Waals surface area contributed by atoms with Crippen LogP contribution in [0.1, 0.15) is 36.6 Å². The third kappa shape index (κ3) is 3.96. The van der Waals surface area contributed by atoms with Crippen LogP contribution in [0.2, 0.25) is 0 Å². The lowest BCUT2D eigenvalue weighted by molar-refractivity contribution is 0.337. The number of aryl methyl sites for hydroxylation is 1. The molecule has 1 aliphatic rings. The summed E-state index contributed by atoms with van der Waals surface area (Å²) in [6, 6.07) is 13.7. The maximum atomic E-state index is 11.1. The first-order valence-electron chi connectivity index (χ1n) is 10.3. The summed E-state index contributed by atoms with van der Waals surface area (Å²) in [4.78, 5) is 4.40. The molecule has 1 aromatic heterocycles. The first-order valence-corrected chi connectivity index (χ1v) is 10.3. The average Bonchev–Trinajstić information content (AvgIpc) is 2.75. The fourth-order valence-electron chi connectivity index (χ4n) is 3.80. The van der Waals surface area contributed by atoms with Crippen LogP contribution < -0.4 is 15.4 Å². The molecule has 2 heterocycles. The van der Waals surface area contributed by atoms with Crippen molar-refractivity contribution in [2.24, 2.45) is 0 Å². The number of allylic oxidation sites excluding steroid dienone is 2. The van der Waals surface area contributed by atoms with E-state index in [1.165, 1.54) is 5.57 Å². The maximum Gasteiger partial charge on any atom is 0.147 e. The second-order valence-electron chi connectivity index (χ2n) is 7.50. The number of benzene rings is 2. The topological polar surface area (TPSA) is 66.4 Å². The number of phenolic OH excluding ortho intramolecular Hbond substituents is 1. The third-order valence-electron chi connectivity index (χ3n) is 5.31. The van der Waals surface area contributed by atoms with E-state index >= 15 is 0 Å². The molecule has 0 radical (unpaired) electrons. The van der Waals surface area contributed by atoms with Crippen LogP contribution in [-0.2, 0) is 0 Å². The monoisotopic (exact) mass is 401 g/mol. The van der Waals surface area contributed by atoms with Gasteiger partial charge in [-0.05, 0) is 61.7 Å². The highest BCUT2D eigenvalue weighted by atomic mass is 16.5. The largest absolute Gasteiger partial charge is 0.505 e. The molecule has 0 amide bonds. The van der Waals surface area contributed by atoms with E-state index in [1.807, 2.05) is 50.2 Å². The lowest BCUT2D eigenvalue weighted by atomic mass is 9.94. The van der Waals surface area contributed by atoms with E-state index in [-0.39, 0.29) is 11.8 Å². The maximum absolute atomic E-state index is 11.1. The average molecular weight is 402 g/mol. The molecule has 154 valence electrons. The minimum atomic E-state index is -0.254. The summed E-state index contributed by atoms with van der Waals surface area (Å²) >= 11 is 0. The van der Waals surface area contributed by atoms with E-state index in [9.17, 15) is 5.11 Å². The lowest BCUT2D eigenvalue weighted by Crippen LogP contribution is -2.32. The Bertz CT molecular complexity index is 1130. The Morgan fingerprint density at radius 3 is 2.83 bits per heavy atom. The van der Waals surface area contributed by atoms with Crippen LogP contribution in [0.5, 0.6) is 11.5 Å². The van der Waals surface area contributed by atoms with Crippen LogP contribution in [0.15, 0.2) is 72.2 Å². The molecule has 1 aliphatic heterocycles. The van der Waals surface area contributed by atoms with Crippen LogP contribution in [0.4, 0.5) is 0 Å². The Morgan fingerprint density at radius 2 is 2.07 bits per heavy atom. The second kappa shape index (κ2) is 8.49. The van der Waals surface area contributed by atoms with E-state index in [0.29, 0.717) is 12.1 Å². The summed E-state index contributed by atoms with van der Waals surface area (Å²) in [7, 11) is 0. The molecular weight excluding hydrogens is 374 g/mol. The standard InChI is InChI=1S/C25H27N3O2/c1-4-30-21-10-8-19(15-17(21)3)23(28-22-14-16(2)11-13-26-22)20-9-7-18-6-5-12-27-24(18)25(20)29/h5-12,14-15,23,26,28-29H,4,13H2,1-3H3. The molecule has 0 saturated heterocycles. The molecule has 3 N–H and O–H groups in total. The number of ether oxygens (including phenoxy) is 1. The second-order valence-corrected chi connectivity index (χ2v) is 7.50. The molecule has 5 nitrogen and oxygen atoms in total. The predicted octanol–water partition coefficient (Wildman–Crippen LogP) is 4.72. The highest BCUT2D eigenvalue weighted by Gasteiger charge is 2.22. The summed E-state index contributed by atoms with van der Waals surface area (Å²) in [6.45, 7) is 7.50. The van der Waals surface area contributed by atoms with Crippen LogP contribution in [-0.4, -0.2) is 23.2 Å². The Morgan fingerprint density at radius 1 is 1.20 bits per heavy atom. The van der Waals surface area contributed by atoms with Crippen molar-refractivity contribution in [2.75, 3.05) is 13.2 Å². The van der Waals surface area contributed by atoms with Gasteiger partial charge in [-0.1, -0.05) is 30.3 Å². The molecule has 1 atom stereocenters. The molecule has 0 aliphatic carbocycles. The van der Waals surface area contributed by atoms with Gasteiger partial charge in [-0.3, -0.25) is 4.98 Å². The van der Waals surface area contributed by atoms with Gasteiger partial charge in [-0.2, -0.15) is 0 Å². The minimum Gasteiger partial charge on any atom is -0.505 e. The van der Waals surface area contributed by atoms with Crippen LogP contribution in [0, 0.1) is 6.92 Å². The zero-order valence-corrected chi connectivity index (χ0v) is 17.6. The normalized spacial score (nSPS) is 14.5. The zero-order chi connectivity index (χ0) is 21.1. The molecule has 2 aromatic carbocycles. The quantitative estimate of drug-likeness (QED) is 0.558. The number of hydrogen-bond donors (Lipinski definition) is 3. The molecular formula is C25H27N3O2. The van der Waals surface area contributed by atoms with Gasteiger partial charge in [0.25, 0.3) is 0 Å². The van der Waals surface area contributed by atoms with Crippen molar-refractivity contribution in [1.82, 2.24) is 15.6 Å². The summed E-state index contributed by atoms with van der Waals surface area (Å²) in [5.74, 6) is 1.99. The van der Waals surface area contributed by atoms with Crippen molar-refractivity contribution in [3.8, 4) is 11.5 Å². The van der Waals surface area contributed by atoms with Crippen molar-refractivity contribution in [3.63, 3.8) is 0 Å². The summed E-state index contributed by atoms with van der Waals surface area (Å²) in [5, 5.41) is 19.0. The summed E-state index contributed by atoms with van der Waals surface area (Å²) < 4.78 is 5.71. The number of hydrogen-bond acceptors (Lipinski definition) is 5. The van der Waals surface area contributed by atoms with E-state index in [4.69, 9.17) is 4.74 Å². The Hall–Kier alpha value is -3.47. The third-order valence-corrected chi connectivity index (χ3v) is 5.31. The Balaban J connectivity index is 1.81. The van der Waals surface area contributed by atoms with Crippen molar-refractivity contribution in [2.45, 2.75) is 26.8 Å². The minimum absolute atomic E-state index is 0.195. The molecule has 4 rings (SSSR count). The Labute approximate surface area is 177 Å². The molecule has 1 unspecified atom stereocenters. The molecule has 5 heteroatoms. The fourth-order valence-corrected chi connectivity index (χ4v) is 3.80. The van der Waals surface area contributed by atoms with Gasteiger partial charge in [0.2, 0.25) is 0 Å². The van der Waals surface area contributed by atoms with Crippen molar-refractivity contribution in [1.29, 1.82) is 0 Å². The number of rotatable bonds is 6. The Kier molecular flexibility index (Phi) is 5.61. The SMILES string of the molecule is CCOc1ccc(C(NC2=CC(C)=CCN2)c2ccc3cccnc3c2O)cc1C. The number of nitrogens with zero attached hydrogens (tertiary/aromatic N) is 1. The van der Waals surface area contributed by atoms with Gasteiger partial charge >= 0.3 is 0 Å². The van der Waals surface area contributed by atoms with Gasteiger partial charge in [-0.25, -0.2) is 0 Å². The zero-order valence-electron chi connectivity index (χ0n) is 17.6. The number of phenols is 1.